The third-order valence-corrected chi connectivity index (χ3v) is 3.88. The van der Waals surface area contributed by atoms with Crippen LogP contribution in [-0.2, 0) is 27.4 Å². The minimum atomic E-state index is -0.953. The molecule has 8 nitrogen and oxygen atoms in total. The number of carbonyl (C=O) groups excluding carboxylic acids is 2. The summed E-state index contributed by atoms with van der Waals surface area (Å²) in [5, 5.41) is 7.97. The number of rotatable bonds is 5. The Labute approximate surface area is 154 Å². The molecule has 0 bridgehead atoms. The van der Waals surface area contributed by atoms with Gasteiger partial charge in [0.05, 0.1) is 30.8 Å². The Morgan fingerprint density at radius 1 is 1.15 bits per heavy atom. The second-order valence-electron chi connectivity index (χ2n) is 5.72. The zero-order valence-corrected chi connectivity index (χ0v) is 14.7. The van der Waals surface area contributed by atoms with E-state index >= 15 is 0 Å². The van der Waals surface area contributed by atoms with E-state index in [2.05, 4.69) is 20.1 Å². The molecule has 0 spiro atoms. The molecular weight excluding hydrogens is 348 g/mol. The van der Waals surface area contributed by atoms with Crippen LogP contribution >= 0.6 is 0 Å². The highest BCUT2D eigenvalue weighted by molar-refractivity contribution is 6.32. The quantitative estimate of drug-likeness (QED) is 0.534. The fourth-order valence-corrected chi connectivity index (χ4v) is 2.64. The zero-order valence-electron chi connectivity index (χ0n) is 14.7. The number of esters is 1. The van der Waals surface area contributed by atoms with E-state index in [9.17, 15) is 14.4 Å². The highest BCUT2D eigenvalue weighted by Gasteiger charge is 2.16. The van der Waals surface area contributed by atoms with Crippen molar-refractivity contribution in [2.24, 2.45) is 0 Å². The molecular formula is C19H18N4O4. The van der Waals surface area contributed by atoms with Crippen LogP contribution in [0, 0.1) is 0 Å². The molecule has 0 atom stereocenters. The summed E-state index contributed by atoms with van der Waals surface area (Å²) in [6.07, 6.45) is 3.31. The number of aromatic nitrogens is 3. The second-order valence-corrected chi connectivity index (χ2v) is 5.72. The maximum absolute atomic E-state index is 12.7. The van der Waals surface area contributed by atoms with Crippen molar-refractivity contribution in [2.75, 3.05) is 6.61 Å². The largest absolute Gasteiger partial charge is 0.459 e. The fourth-order valence-electron chi connectivity index (χ4n) is 2.64. The van der Waals surface area contributed by atoms with Crippen LogP contribution in [0.5, 0.6) is 0 Å². The lowest BCUT2D eigenvalue weighted by Crippen LogP contribution is -2.33. The van der Waals surface area contributed by atoms with E-state index in [-0.39, 0.29) is 25.3 Å². The number of amides is 1. The van der Waals surface area contributed by atoms with Gasteiger partial charge in [0.1, 0.15) is 0 Å². The number of pyridine rings is 1. The van der Waals surface area contributed by atoms with Crippen LogP contribution in [0.3, 0.4) is 0 Å². The summed E-state index contributed by atoms with van der Waals surface area (Å²) in [5.74, 6) is -1.81. The summed E-state index contributed by atoms with van der Waals surface area (Å²) in [6, 6.07) is 10.6. The van der Waals surface area contributed by atoms with E-state index in [1.165, 1.54) is 4.68 Å². The van der Waals surface area contributed by atoms with Crippen LogP contribution in [0.15, 0.2) is 53.6 Å². The molecule has 1 N–H and O–H groups in total. The first-order valence-corrected chi connectivity index (χ1v) is 8.42. The predicted molar refractivity (Wildman–Crippen MR) is 97.8 cm³/mol. The molecule has 138 valence electrons. The highest BCUT2D eigenvalue weighted by atomic mass is 16.5. The third-order valence-electron chi connectivity index (χ3n) is 3.88. The monoisotopic (exact) mass is 366 g/mol. The van der Waals surface area contributed by atoms with Gasteiger partial charge in [-0.3, -0.25) is 14.6 Å². The van der Waals surface area contributed by atoms with Crippen molar-refractivity contribution in [2.45, 2.75) is 20.0 Å². The van der Waals surface area contributed by atoms with Crippen molar-refractivity contribution in [3.05, 3.63) is 70.4 Å². The van der Waals surface area contributed by atoms with Gasteiger partial charge in [-0.05, 0) is 24.6 Å². The van der Waals surface area contributed by atoms with Crippen molar-refractivity contribution in [1.82, 2.24) is 20.1 Å². The van der Waals surface area contributed by atoms with Gasteiger partial charge in [0.25, 0.3) is 5.56 Å². The average molecular weight is 366 g/mol. The van der Waals surface area contributed by atoms with E-state index in [4.69, 9.17) is 0 Å². The molecule has 0 aliphatic heterocycles. The van der Waals surface area contributed by atoms with Gasteiger partial charge in [0.15, 0.2) is 0 Å². The van der Waals surface area contributed by atoms with Crippen molar-refractivity contribution in [3.63, 3.8) is 0 Å². The summed E-state index contributed by atoms with van der Waals surface area (Å²) in [6.45, 7) is 1.97. The summed E-state index contributed by atoms with van der Waals surface area (Å²) >= 11 is 0. The molecule has 2 heterocycles. The first-order valence-electron chi connectivity index (χ1n) is 8.42. The van der Waals surface area contributed by atoms with Crippen molar-refractivity contribution in [3.8, 4) is 0 Å². The zero-order chi connectivity index (χ0) is 19.2. The van der Waals surface area contributed by atoms with Crippen molar-refractivity contribution < 1.29 is 14.3 Å². The number of nitrogens with one attached hydrogen (secondary N) is 1. The Bertz CT molecular complexity index is 1030. The number of ether oxygens (including phenoxy) is 1. The number of benzene rings is 1. The Balaban J connectivity index is 1.94. The minimum absolute atomic E-state index is 0.00845. The topological polar surface area (TPSA) is 103 Å². The molecule has 0 fully saturated rings. The summed E-state index contributed by atoms with van der Waals surface area (Å²) in [4.78, 5) is 40.0. The van der Waals surface area contributed by atoms with Crippen LogP contribution in [0.25, 0.3) is 10.8 Å². The Morgan fingerprint density at radius 2 is 1.93 bits per heavy atom. The maximum atomic E-state index is 12.7. The molecule has 0 aliphatic rings. The molecule has 3 aromatic rings. The summed E-state index contributed by atoms with van der Waals surface area (Å²) in [7, 11) is 0. The molecule has 0 unspecified atom stereocenters. The molecule has 0 radical (unpaired) electrons. The molecule has 0 saturated carbocycles. The van der Waals surface area contributed by atoms with Crippen molar-refractivity contribution in [1.29, 1.82) is 0 Å². The SMILES string of the molecule is CCOC(=O)C(=O)NCc1nn(Cc2cccnc2)c(=O)c2ccccc12. The molecule has 1 aromatic carbocycles. The fraction of sp³-hybridized carbons (Fsp3) is 0.211. The summed E-state index contributed by atoms with van der Waals surface area (Å²) < 4.78 is 5.99. The van der Waals surface area contributed by atoms with E-state index in [1.54, 1.807) is 49.6 Å². The molecule has 0 aliphatic carbocycles. The molecule has 8 heteroatoms. The van der Waals surface area contributed by atoms with Gasteiger partial charge in [-0.1, -0.05) is 24.3 Å². The number of nitrogens with zero attached hydrogens (tertiary/aromatic N) is 3. The third kappa shape index (κ3) is 4.17. The van der Waals surface area contributed by atoms with Crippen LogP contribution in [-0.4, -0.2) is 33.2 Å². The number of carbonyl (C=O) groups is 2. The maximum Gasteiger partial charge on any atom is 0.396 e. The smallest absolute Gasteiger partial charge is 0.396 e. The highest BCUT2D eigenvalue weighted by Crippen LogP contribution is 2.13. The molecule has 3 rings (SSSR count). The van der Waals surface area contributed by atoms with Gasteiger partial charge in [0, 0.05) is 17.8 Å². The second kappa shape index (κ2) is 8.22. The van der Waals surface area contributed by atoms with E-state index in [0.717, 1.165) is 5.56 Å². The lowest BCUT2D eigenvalue weighted by molar-refractivity contribution is -0.154. The van der Waals surface area contributed by atoms with E-state index in [0.29, 0.717) is 16.5 Å². The standard InChI is InChI=1S/C19H18N4O4/c1-2-27-19(26)17(24)21-11-16-14-7-3-4-8-15(14)18(25)23(22-16)12-13-6-5-9-20-10-13/h3-10H,2,11-12H2,1H3,(H,21,24). The summed E-state index contributed by atoms with van der Waals surface area (Å²) in [5.41, 5.74) is 1.06. The number of fused-ring (bicyclic) bond motifs is 1. The van der Waals surface area contributed by atoms with Gasteiger partial charge in [-0.15, -0.1) is 0 Å². The molecule has 27 heavy (non-hydrogen) atoms. The average Bonchev–Trinajstić information content (AvgIpc) is 2.70. The van der Waals surface area contributed by atoms with Gasteiger partial charge >= 0.3 is 11.9 Å². The van der Waals surface area contributed by atoms with Gasteiger partial charge in [-0.25, -0.2) is 9.48 Å². The molecule has 2 aromatic heterocycles. The minimum Gasteiger partial charge on any atom is -0.459 e. The lowest BCUT2D eigenvalue weighted by atomic mass is 10.1. The Kier molecular flexibility index (Phi) is 5.55. The van der Waals surface area contributed by atoms with Gasteiger partial charge < -0.3 is 10.1 Å². The van der Waals surface area contributed by atoms with Crippen LogP contribution in [0.4, 0.5) is 0 Å². The Morgan fingerprint density at radius 3 is 2.63 bits per heavy atom. The first-order chi connectivity index (χ1) is 13.1. The Hall–Kier alpha value is -3.55. The van der Waals surface area contributed by atoms with Crippen molar-refractivity contribution >= 4 is 22.6 Å². The van der Waals surface area contributed by atoms with E-state index in [1.807, 2.05) is 6.07 Å². The normalized spacial score (nSPS) is 10.6. The lowest BCUT2D eigenvalue weighted by Gasteiger charge is -2.11. The van der Waals surface area contributed by atoms with Gasteiger partial charge in [-0.2, -0.15) is 5.10 Å². The van der Waals surface area contributed by atoms with Crippen LogP contribution in [0.2, 0.25) is 0 Å². The molecule has 0 saturated heterocycles. The van der Waals surface area contributed by atoms with Crippen LogP contribution in [0.1, 0.15) is 18.2 Å². The predicted octanol–water partition coefficient (Wildman–Crippen LogP) is 1.02. The first kappa shape index (κ1) is 18.2. The number of hydrogen-bond acceptors (Lipinski definition) is 6. The van der Waals surface area contributed by atoms with Crippen LogP contribution < -0.4 is 10.9 Å². The van der Waals surface area contributed by atoms with Gasteiger partial charge in [0.2, 0.25) is 0 Å². The number of hydrogen-bond donors (Lipinski definition) is 1. The van der Waals surface area contributed by atoms with E-state index < -0.39 is 11.9 Å². The molecule has 1 amide bonds.